The van der Waals surface area contributed by atoms with Crippen molar-refractivity contribution in [1.29, 1.82) is 0 Å². The zero-order valence-electron chi connectivity index (χ0n) is 12.0. The number of nitrogens with one attached hydrogen (secondary N) is 1. The molecule has 1 aliphatic rings. The molecule has 0 spiro atoms. The van der Waals surface area contributed by atoms with Crippen molar-refractivity contribution >= 4 is 0 Å². The van der Waals surface area contributed by atoms with Gasteiger partial charge in [-0.25, -0.2) is 0 Å². The van der Waals surface area contributed by atoms with Gasteiger partial charge < -0.3 is 5.32 Å². The lowest BCUT2D eigenvalue weighted by Crippen LogP contribution is -2.32. The third-order valence-corrected chi connectivity index (χ3v) is 4.02. The molecule has 0 bridgehead atoms. The van der Waals surface area contributed by atoms with E-state index in [4.69, 9.17) is 0 Å². The molecule has 1 unspecified atom stereocenters. The number of hydrogen-bond donors (Lipinski definition) is 1. The molecule has 20 heavy (non-hydrogen) atoms. The predicted octanol–water partition coefficient (Wildman–Crippen LogP) is 1.78. The fraction of sp³-hybridized carbons (Fsp3) is 0.438. The maximum Gasteiger partial charge on any atom is 0.0518 e. The van der Waals surface area contributed by atoms with Crippen molar-refractivity contribution in [2.24, 2.45) is 7.05 Å². The number of nitrogens with zero attached hydrogens (tertiary/aromatic N) is 3. The molecule has 4 nitrogen and oxygen atoms in total. The summed E-state index contributed by atoms with van der Waals surface area (Å²) in [6.07, 6.45) is 3.08. The van der Waals surface area contributed by atoms with Crippen LogP contribution in [0.25, 0.3) is 0 Å². The van der Waals surface area contributed by atoms with E-state index in [9.17, 15) is 0 Å². The average Bonchev–Trinajstić information content (AvgIpc) is 3.07. The van der Waals surface area contributed by atoms with Gasteiger partial charge in [-0.2, -0.15) is 5.10 Å². The van der Waals surface area contributed by atoms with Crippen LogP contribution in [0.15, 0.2) is 42.6 Å². The molecule has 1 N–H and O–H groups in total. The number of benzene rings is 1. The SMILES string of the molecule is Cn1nccc1CNC1CCN(Cc2ccccc2)C1. The Bertz CT molecular complexity index is 534. The summed E-state index contributed by atoms with van der Waals surface area (Å²) in [5.41, 5.74) is 2.64. The maximum absolute atomic E-state index is 4.20. The van der Waals surface area contributed by atoms with Crippen LogP contribution < -0.4 is 5.32 Å². The van der Waals surface area contributed by atoms with E-state index in [0.717, 1.165) is 19.6 Å². The fourth-order valence-electron chi connectivity index (χ4n) is 2.81. The highest BCUT2D eigenvalue weighted by molar-refractivity contribution is 5.14. The lowest BCUT2D eigenvalue weighted by Gasteiger charge is -2.16. The van der Waals surface area contributed by atoms with Gasteiger partial charge in [0.15, 0.2) is 0 Å². The zero-order chi connectivity index (χ0) is 13.8. The fourth-order valence-corrected chi connectivity index (χ4v) is 2.81. The average molecular weight is 270 g/mol. The molecule has 2 aromatic rings. The third kappa shape index (κ3) is 3.26. The molecule has 1 fully saturated rings. The number of likely N-dealkylation sites (tertiary alicyclic amines) is 1. The number of aromatic nitrogens is 2. The molecule has 3 rings (SSSR count). The normalized spacial score (nSPS) is 19.6. The van der Waals surface area contributed by atoms with Crippen LogP contribution in [0, 0.1) is 0 Å². The van der Waals surface area contributed by atoms with Crippen LogP contribution in [0.4, 0.5) is 0 Å². The molecule has 0 radical (unpaired) electrons. The summed E-state index contributed by atoms with van der Waals surface area (Å²) in [6.45, 7) is 4.27. The minimum Gasteiger partial charge on any atom is -0.307 e. The summed E-state index contributed by atoms with van der Waals surface area (Å²) < 4.78 is 1.93. The Labute approximate surface area is 120 Å². The van der Waals surface area contributed by atoms with E-state index in [2.05, 4.69) is 51.7 Å². The molecular weight excluding hydrogens is 248 g/mol. The third-order valence-electron chi connectivity index (χ3n) is 4.02. The summed E-state index contributed by atoms with van der Waals surface area (Å²) in [5, 5.41) is 7.84. The minimum atomic E-state index is 0.591. The summed E-state index contributed by atoms with van der Waals surface area (Å²) in [6, 6.07) is 13.4. The number of hydrogen-bond acceptors (Lipinski definition) is 3. The Hall–Kier alpha value is -1.65. The molecule has 1 aromatic heterocycles. The highest BCUT2D eigenvalue weighted by Crippen LogP contribution is 2.13. The smallest absolute Gasteiger partial charge is 0.0518 e. The van der Waals surface area contributed by atoms with Gasteiger partial charge in [0.1, 0.15) is 0 Å². The molecule has 1 atom stereocenters. The quantitative estimate of drug-likeness (QED) is 0.899. The second-order valence-electron chi connectivity index (χ2n) is 5.53. The lowest BCUT2D eigenvalue weighted by molar-refractivity contribution is 0.319. The van der Waals surface area contributed by atoms with Crippen LogP contribution in [0.1, 0.15) is 17.7 Å². The van der Waals surface area contributed by atoms with Crippen molar-refractivity contribution in [1.82, 2.24) is 20.0 Å². The van der Waals surface area contributed by atoms with Crippen molar-refractivity contribution in [2.75, 3.05) is 13.1 Å². The lowest BCUT2D eigenvalue weighted by atomic mass is 10.2. The molecule has 2 heterocycles. The van der Waals surface area contributed by atoms with Gasteiger partial charge in [-0.1, -0.05) is 30.3 Å². The van der Waals surface area contributed by atoms with Crippen LogP contribution in [-0.4, -0.2) is 33.8 Å². The molecule has 0 saturated carbocycles. The first kappa shape index (κ1) is 13.3. The molecule has 0 amide bonds. The zero-order valence-corrected chi connectivity index (χ0v) is 12.0. The Morgan fingerprint density at radius 2 is 2.10 bits per heavy atom. The van der Waals surface area contributed by atoms with Crippen LogP contribution in [0.2, 0.25) is 0 Å². The maximum atomic E-state index is 4.20. The molecule has 1 aliphatic heterocycles. The largest absolute Gasteiger partial charge is 0.307 e. The van der Waals surface area contributed by atoms with Gasteiger partial charge in [-0.05, 0) is 18.1 Å². The molecule has 106 valence electrons. The first-order valence-corrected chi connectivity index (χ1v) is 7.28. The van der Waals surface area contributed by atoms with Crippen LogP contribution >= 0.6 is 0 Å². The van der Waals surface area contributed by atoms with Crippen molar-refractivity contribution < 1.29 is 0 Å². The second kappa shape index (κ2) is 6.20. The standard InChI is InChI=1S/C16H22N4/c1-19-16(7-9-18-19)11-17-15-8-10-20(13-15)12-14-5-3-2-4-6-14/h2-7,9,15,17H,8,10-13H2,1H3. The van der Waals surface area contributed by atoms with Crippen LogP contribution in [-0.2, 0) is 20.1 Å². The Balaban J connectivity index is 1.46. The molecule has 4 heteroatoms. The minimum absolute atomic E-state index is 0.591. The highest BCUT2D eigenvalue weighted by atomic mass is 15.3. The van der Waals surface area contributed by atoms with E-state index in [1.165, 1.54) is 24.2 Å². The van der Waals surface area contributed by atoms with Crippen molar-refractivity contribution in [3.63, 3.8) is 0 Å². The summed E-state index contributed by atoms with van der Waals surface area (Å²) in [5.74, 6) is 0. The van der Waals surface area contributed by atoms with E-state index in [-0.39, 0.29) is 0 Å². The number of rotatable bonds is 5. The Kier molecular flexibility index (Phi) is 4.14. The van der Waals surface area contributed by atoms with E-state index < -0.39 is 0 Å². The van der Waals surface area contributed by atoms with Crippen molar-refractivity contribution in [3.05, 3.63) is 53.9 Å². The Morgan fingerprint density at radius 1 is 1.25 bits per heavy atom. The van der Waals surface area contributed by atoms with E-state index in [1.54, 1.807) is 0 Å². The summed E-state index contributed by atoms with van der Waals surface area (Å²) in [4.78, 5) is 2.52. The van der Waals surface area contributed by atoms with E-state index >= 15 is 0 Å². The molecular formula is C16H22N4. The van der Waals surface area contributed by atoms with Gasteiger partial charge in [-0.3, -0.25) is 9.58 Å². The first-order valence-electron chi connectivity index (χ1n) is 7.28. The van der Waals surface area contributed by atoms with Gasteiger partial charge in [0.2, 0.25) is 0 Å². The topological polar surface area (TPSA) is 33.1 Å². The van der Waals surface area contributed by atoms with Crippen molar-refractivity contribution in [3.8, 4) is 0 Å². The summed E-state index contributed by atoms with van der Waals surface area (Å²) >= 11 is 0. The highest BCUT2D eigenvalue weighted by Gasteiger charge is 2.21. The van der Waals surface area contributed by atoms with Gasteiger partial charge in [0.25, 0.3) is 0 Å². The molecule has 0 aliphatic carbocycles. The van der Waals surface area contributed by atoms with Crippen molar-refractivity contribution in [2.45, 2.75) is 25.6 Å². The van der Waals surface area contributed by atoms with Gasteiger partial charge in [0.05, 0.1) is 5.69 Å². The van der Waals surface area contributed by atoms with Gasteiger partial charge >= 0.3 is 0 Å². The predicted molar refractivity (Wildman–Crippen MR) is 80.2 cm³/mol. The van der Waals surface area contributed by atoms with Gasteiger partial charge in [-0.15, -0.1) is 0 Å². The van der Waals surface area contributed by atoms with E-state index in [0.29, 0.717) is 6.04 Å². The molecule has 1 aromatic carbocycles. The summed E-state index contributed by atoms with van der Waals surface area (Å²) in [7, 11) is 1.99. The number of aryl methyl sites for hydroxylation is 1. The van der Waals surface area contributed by atoms with E-state index in [1.807, 2.05) is 17.9 Å². The first-order chi connectivity index (χ1) is 9.81. The monoisotopic (exact) mass is 270 g/mol. The molecule has 1 saturated heterocycles. The second-order valence-corrected chi connectivity index (χ2v) is 5.53. The Morgan fingerprint density at radius 3 is 2.85 bits per heavy atom. The van der Waals surface area contributed by atoms with Crippen LogP contribution in [0.3, 0.4) is 0 Å². The van der Waals surface area contributed by atoms with Gasteiger partial charge in [0, 0.05) is 45.5 Å². The van der Waals surface area contributed by atoms with Crippen LogP contribution in [0.5, 0.6) is 0 Å².